The van der Waals surface area contributed by atoms with Gasteiger partial charge in [0.15, 0.2) is 0 Å². The number of nitriles is 1. The van der Waals surface area contributed by atoms with Crippen LogP contribution in [0.3, 0.4) is 0 Å². The third kappa shape index (κ3) is 2.60. The number of rotatable bonds is 4. The first-order valence-corrected chi connectivity index (χ1v) is 5.38. The molecule has 3 heteroatoms. The van der Waals surface area contributed by atoms with Gasteiger partial charge in [0.25, 0.3) is 0 Å². The van der Waals surface area contributed by atoms with Gasteiger partial charge in [-0.05, 0) is 35.6 Å². The highest BCUT2D eigenvalue weighted by Crippen LogP contribution is 2.18. The van der Waals surface area contributed by atoms with E-state index in [2.05, 4.69) is 6.07 Å². The molecular formula is C13H15NO2. The summed E-state index contributed by atoms with van der Waals surface area (Å²) >= 11 is 0. The molecule has 0 aliphatic heterocycles. The van der Waals surface area contributed by atoms with Crippen LogP contribution < -0.4 is 0 Å². The van der Waals surface area contributed by atoms with E-state index in [0.717, 1.165) is 24.0 Å². The first-order chi connectivity index (χ1) is 7.62. The molecule has 0 amide bonds. The lowest BCUT2D eigenvalue weighted by atomic mass is 9.94. The fourth-order valence-corrected chi connectivity index (χ4v) is 1.81. The van der Waals surface area contributed by atoms with Gasteiger partial charge in [0.05, 0.1) is 18.1 Å². The molecule has 0 unspecified atom stereocenters. The molecule has 0 aliphatic rings. The maximum atomic E-state index is 10.7. The number of aryl methyl sites for hydroxylation is 2. The number of hydrogen-bond acceptors (Lipinski definition) is 2. The highest BCUT2D eigenvalue weighted by Gasteiger charge is 2.10. The molecule has 1 aromatic rings. The number of aliphatic carboxylic acids is 1. The molecule has 0 heterocycles. The molecule has 0 atom stereocenters. The minimum absolute atomic E-state index is 0.0834. The van der Waals surface area contributed by atoms with E-state index in [0.29, 0.717) is 11.1 Å². The zero-order valence-corrected chi connectivity index (χ0v) is 9.58. The second-order valence-corrected chi connectivity index (χ2v) is 3.67. The van der Waals surface area contributed by atoms with Gasteiger partial charge in [-0.2, -0.15) is 5.26 Å². The third-order valence-corrected chi connectivity index (χ3v) is 2.65. The van der Waals surface area contributed by atoms with Crippen LogP contribution in [-0.2, 0) is 24.1 Å². The number of carbonyl (C=O) groups is 1. The fraction of sp³-hybridized carbons (Fsp3) is 0.385. The Kier molecular flexibility index (Phi) is 4.07. The van der Waals surface area contributed by atoms with Crippen LogP contribution in [0, 0.1) is 11.3 Å². The molecule has 3 nitrogen and oxygen atoms in total. The van der Waals surface area contributed by atoms with Crippen molar-refractivity contribution in [3.05, 3.63) is 34.4 Å². The Bertz CT molecular complexity index is 444. The zero-order chi connectivity index (χ0) is 12.1. The predicted octanol–water partition coefficient (Wildman–Crippen LogP) is 2.31. The van der Waals surface area contributed by atoms with Crippen LogP contribution in [0.15, 0.2) is 12.1 Å². The molecule has 1 rings (SSSR count). The van der Waals surface area contributed by atoms with Gasteiger partial charge in [0.1, 0.15) is 0 Å². The average Bonchev–Trinajstić information content (AvgIpc) is 2.27. The minimum atomic E-state index is -0.900. The Morgan fingerprint density at radius 2 is 1.81 bits per heavy atom. The molecule has 84 valence electrons. The highest BCUT2D eigenvalue weighted by atomic mass is 16.4. The summed E-state index contributed by atoms with van der Waals surface area (Å²) in [7, 11) is 0. The van der Waals surface area contributed by atoms with Crippen LogP contribution in [0.1, 0.15) is 36.1 Å². The van der Waals surface area contributed by atoms with Crippen LogP contribution in [0.25, 0.3) is 0 Å². The highest BCUT2D eigenvalue weighted by molar-refractivity contribution is 5.71. The summed E-state index contributed by atoms with van der Waals surface area (Å²) in [6, 6.07) is 5.73. The van der Waals surface area contributed by atoms with Crippen LogP contribution in [0.4, 0.5) is 0 Å². The van der Waals surface area contributed by atoms with Crippen molar-refractivity contribution in [1.29, 1.82) is 5.26 Å². The summed E-state index contributed by atoms with van der Waals surface area (Å²) in [5, 5.41) is 17.7. The average molecular weight is 217 g/mol. The molecule has 0 saturated carbocycles. The molecule has 0 saturated heterocycles. The Morgan fingerprint density at radius 3 is 2.25 bits per heavy atom. The van der Waals surface area contributed by atoms with E-state index in [1.54, 1.807) is 0 Å². The number of carboxylic acid groups (broad SMARTS) is 1. The van der Waals surface area contributed by atoms with Crippen LogP contribution in [-0.4, -0.2) is 11.1 Å². The lowest BCUT2D eigenvalue weighted by molar-refractivity contribution is -0.136. The van der Waals surface area contributed by atoms with E-state index in [4.69, 9.17) is 10.4 Å². The standard InChI is InChI=1S/C13H15NO2/c1-3-9-5-11(7-13(15)16)12(8-14)6-10(9)4-2/h5-6H,3-4,7H2,1-2H3,(H,15,16). The molecule has 0 spiro atoms. The van der Waals surface area contributed by atoms with Gasteiger partial charge in [0.2, 0.25) is 0 Å². The minimum Gasteiger partial charge on any atom is -0.481 e. The van der Waals surface area contributed by atoms with Crippen molar-refractivity contribution in [2.75, 3.05) is 0 Å². The summed E-state index contributed by atoms with van der Waals surface area (Å²) in [6.07, 6.45) is 1.65. The van der Waals surface area contributed by atoms with Gasteiger partial charge in [0, 0.05) is 0 Å². The first-order valence-electron chi connectivity index (χ1n) is 5.38. The van der Waals surface area contributed by atoms with Gasteiger partial charge in [-0.25, -0.2) is 0 Å². The Hall–Kier alpha value is -1.82. The lowest BCUT2D eigenvalue weighted by Crippen LogP contribution is -2.05. The maximum absolute atomic E-state index is 10.7. The molecule has 0 aliphatic carbocycles. The summed E-state index contributed by atoms with van der Waals surface area (Å²) in [5.74, 6) is -0.900. The van der Waals surface area contributed by atoms with Gasteiger partial charge in [-0.3, -0.25) is 4.79 Å². The summed E-state index contributed by atoms with van der Waals surface area (Å²) < 4.78 is 0. The van der Waals surface area contributed by atoms with Crippen LogP contribution >= 0.6 is 0 Å². The number of carboxylic acids is 1. The van der Waals surface area contributed by atoms with E-state index in [9.17, 15) is 4.79 Å². The molecule has 16 heavy (non-hydrogen) atoms. The Morgan fingerprint density at radius 1 is 1.25 bits per heavy atom. The quantitative estimate of drug-likeness (QED) is 0.841. The summed E-state index contributed by atoms with van der Waals surface area (Å²) in [5.41, 5.74) is 3.37. The monoisotopic (exact) mass is 217 g/mol. The van der Waals surface area contributed by atoms with Crippen molar-refractivity contribution in [2.24, 2.45) is 0 Å². The van der Waals surface area contributed by atoms with E-state index in [-0.39, 0.29) is 6.42 Å². The smallest absolute Gasteiger partial charge is 0.307 e. The molecule has 0 aromatic heterocycles. The second kappa shape index (κ2) is 5.32. The van der Waals surface area contributed by atoms with Gasteiger partial charge < -0.3 is 5.11 Å². The largest absolute Gasteiger partial charge is 0.481 e. The summed E-state index contributed by atoms with van der Waals surface area (Å²) in [6.45, 7) is 4.07. The van der Waals surface area contributed by atoms with Crippen molar-refractivity contribution in [3.63, 3.8) is 0 Å². The van der Waals surface area contributed by atoms with Crippen LogP contribution in [0.2, 0.25) is 0 Å². The van der Waals surface area contributed by atoms with Crippen molar-refractivity contribution in [2.45, 2.75) is 33.1 Å². The van der Waals surface area contributed by atoms with Crippen molar-refractivity contribution < 1.29 is 9.90 Å². The third-order valence-electron chi connectivity index (χ3n) is 2.65. The van der Waals surface area contributed by atoms with Crippen molar-refractivity contribution >= 4 is 5.97 Å². The first kappa shape index (κ1) is 12.3. The van der Waals surface area contributed by atoms with E-state index < -0.39 is 5.97 Å². The second-order valence-electron chi connectivity index (χ2n) is 3.67. The Labute approximate surface area is 95.3 Å². The molecular weight excluding hydrogens is 202 g/mol. The number of nitrogens with zero attached hydrogens (tertiary/aromatic N) is 1. The molecule has 0 radical (unpaired) electrons. The van der Waals surface area contributed by atoms with Crippen LogP contribution in [0.5, 0.6) is 0 Å². The van der Waals surface area contributed by atoms with E-state index in [1.165, 1.54) is 0 Å². The molecule has 0 fully saturated rings. The van der Waals surface area contributed by atoms with Crippen molar-refractivity contribution in [1.82, 2.24) is 0 Å². The normalized spacial score (nSPS) is 9.81. The lowest BCUT2D eigenvalue weighted by Gasteiger charge is -2.09. The number of hydrogen-bond donors (Lipinski definition) is 1. The molecule has 1 aromatic carbocycles. The van der Waals surface area contributed by atoms with Crippen molar-refractivity contribution in [3.8, 4) is 6.07 Å². The summed E-state index contributed by atoms with van der Waals surface area (Å²) in [4.78, 5) is 10.7. The van der Waals surface area contributed by atoms with Gasteiger partial charge >= 0.3 is 5.97 Å². The Balaban J connectivity index is 3.27. The zero-order valence-electron chi connectivity index (χ0n) is 9.58. The molecule has 1 N–H and O–H groups in total. The van der Waals surface area contributed by atoms with E-state index in [1.807, 2.05) is 26.0 Å². The van der Waals surface area contributed by atoms with Gasteiger partial charge in [-0.15, -0.1) is 0 Å². The fourth-order valence-electron chi connectivity index (χ4n) is 1.81. The number of benzene rings is 1. The van der Waals surface area contributed by atoms with Gasteiger partial charge in [-0.1, -0.05) is 19.9 Å². The topological polar surface area (TPSA) is 61.1 Å². The van der Waals surface area contributed by atoms with E-state index >= 15 is 0 Å². The SMILES string of the molecule is CCc1cc(C#N)c(CC(=O)O)cc1CC. The maximum Gasteiger partial charge on any atom is 0.307 e. The molecule has 0 bridgehead atoms. The predicted molar refractivity (Wildman–Crippen MR) is 61.3 cm³/mol.